The first-order valence-corrected chi connectivity index (χ1v) is 8.07. The summed E-state index contributed by atoms with van der Waals surface area (Å²) in [7, 11) is 2.12. The van der Waals surface area contributed by atoms with Gasteiger partial charge in [-0.1, -0.05) is 40.2 Å². The van der Waals surface area contributed by atoms with Crippen LogP contribution in [0, 0.1) is 0 Å². The smallest absolute Gasteiger partial charge is 0.343 e. The van der Waals surface area contributed by atoms with E-state index in [4.69, 9.17) is 4.42 Å². The molecule has 0 saturated carbocycles. The lowest BCUT2D eigenvalue weighted by Crippen LogP contribution is -2.24. The van der Waals surface area contributed by atoms with Crippen LogP contribution in [-0.4, -0.2) is 25.0 Å². The molecule has 0 N–H and O–H groups in total. The summed E-state index contributed by atoms with van der Waals surface area (Å²) in [5, 5.41) is 1.65. The summed E-state index contributed by atoms with van der Waals surface area (Å²) in [6.45, 7) is 3.94. The molecule has 2 heterocycles. The highest BCUT2D eigenvalue weighted by molar-refractivity contribution is 9.09. The van der Waals surface area contributed by atoms with Gasteiger partial charge in [0.05, 0.1) is 10.2 Å². The van der Waals surface area contributed by atoms with Crippen LogP contribution in [0.1, 0.15) is 29.5 Å². The van der Waals surface area contributed by atoms with Crippen molar-refractivity contribution < 1.29 is 4.42 Å². The number of hydrogen-bond donors (Lipinski definition) is 0. The summed E-state index contributed by atoms with van der Waals surface area (Å²) in [5.41, 5.74) is 2.10. The van der Waals surface area contributed by atoms with Crippen molar-refractivity contribution in [1.29, 1.82) is 0 Å². The van der Waals surface area contributed by atoms with Crippen LogP contribution in [0.5, 0.6) is 0 Å². The minimum Gasteiger partial charge on any atom is -0.426 e. The predicted molar refractivity (Wildman–Crippen MR) is 100 cm³/mol. The van der Waals surface area contributed by atoms with Crippen molar-refractivity contribution in [3.8, 4) is 0 Å². The molecule has 22 heavy (non-hydrogen) atoms. The highest BCUT2D eigenvalue weighted by atomic mass is 79.9. The first-order chi connectivity index (χ1) is 10.1. The van der Waals surface area contributed by atoms with Crippen LogP contribution in [0.4, 0.5) is 0 Å². The van der Waals surface area contributed by atoms with Crippen molar-refractivity contribution in [1.82, 2.24) is 4.90 Å². The highest BCUT2D eigenvalue weighted by Gasteiger charge is 2.21. The summed E-state index contributed by atoms with van der Waals surface area (Å²) in [5.74, 6) is 0.731. The molecule has 3 nitrogen and oxygen atoms in total. The third kappa shape index (κ3) is 3.21. The van der Waals surface area contributed by atoms with Gasteiger partial charge in [-0.2, -0.15) is 0 Å². The third-order valence-corrected chi connectivity index (χ3v) is 4.38. The zero-order valence-corrected chi connectivity index (χ0v) is 15.9. The fourth-order valence-electron chi connectivity index (χ4n) is 2.83. The maximum absolute atomic E-state index is 12.2. The van der Waals surface area contributed by atoms with E-state index in [1.54, 1.807) is 0 Å². The van der Waals surface area contributed by atoms with E-state index in [0.717, 1.165) is 36.2 Å². The maximum atomic E-state index is 12.2. The monoisotopic (exact) mass is 427 g/mol. The second kappa shape index (κ2) is 7.11. The Labute approximate surface area is 148 Å². The summed E-state index contributed by atoms with van der Waals surface area (Å²) in [4.78, 5) is 14.5. The standard InChI is InChI=1S/C17H18BrNO2.BrH/c1-11(18)16-15(12-7-9-19(2)10-8-12)13-5-3-4-6-14(13)17(20)21-16;/h3-7,11H,8-10H2,1-2H3;1H. The second-order valence-corrected chi connectivity index (χ2v) is 6.91. The first kappa shape index (κ1) is 17.4. The van der Waals surface area contributed by atoms with Gasteiger partial charge in [-0.15, -0.1) is 17.0 Å². The Bertz CT molecular complexity index is 765. The number of hydrogen-bond acceptors (Lipinski definition) is 3. The van der Waals surface area contributed by atoms with E-state index in [9.17, 15) is 4.79 Å². The zero-order valence-electron chi connectivity index (χ0n) is 12.6. The van der Waals surface area contributed by atoms with Gasteiger partial charge in [-0.3, -0.25) is 0 Å². The predicted octanol–water partition coefficient (Wildman–Crippen LogP) is 4.55. The van der Waals surface area contributed by atoms with Crippen molar-refractivity contribution in [3.05, 3.63) is 52.1 Å². The van der Waals surface area contributed by atoms with E-state index < -0.39 is 0 Å². The quantitative estimate of drug-likeness (QED) is 0.658. The van der Waals surface area contributed by atoms with Crippen molar-refractivity contribution in [2.24, 2.45) is 0 Å². The molecule has 0 amide bonds. The molecule has 1 aromatic heterocycles. The van der Waals surface area contributed by atoms with Crippen LogP contribution >= 0.6 is 32.9 Å². The molecule has 2 aromatic rings. The Kier molecular flexibility index (Phi) is 5.64. The Hall–Kier alpha value is -0.910. The van der Waals surface area contributed by atoms with Gasteiger partial charge in [0.2, 0.25) is 0 Å². The zero-order chi connectivity index (χ0) is 15.0. The van der Waals surface area contributed by atoms with E-state index in [1.165, 1.54) is 5.57 Å². The first-order valence-electron chi connectivity index (χ1n) is 7.15. The molecule has 0 spiro atoms. The van der Waals surface area contributed by atoms with E-state index in [0.29, 0.717) is 5.39 Å². The van der Waals surface area contributed by atoms with Gasteiger partial charge in [-0.05, 0) is 37.4 Å². The van der Waals surface area contributed by atoms with Gasteiger partial charge in [-0.25, -0.2) is 4.79 Å². The third-order valence-electron chi connectivity index (χ3n) is 3.96. The van der Waals surface area contributed by atoms with E-state index in [2.05, 4.69) is 34.0 Å². The lowest BCUT2D eigenvalue weighted by molar-refractivity contribution is 0.369. The molecule has 118 valence electrons. The fourth-order valence-corrected chi connectivity index (χ4v) is 3.15. The van der Waals surface area contributed by atoms with Gasteiger partial charge < -0.3 is 9.32 Å². The molecule has 0 saturated heterocycles. The number of alkyl halides is 1. The maximum Gasteiger partial charge on any atom is 0.343 e. The Morgan fingerprint density at radius 3 is 2.55 bits per heavy atom. The highest BCUT2D eigenvalue weighted by Crippen LogP contribution is 2.36. The van der Waals surface area contributed by atoms with Crippen LogP contribution in [-0.2, 0) is 0 Å². The van der Waals surface area contributed by atoms with Gasteiger partial charge in [0.25, 0.3) is 0 Å². The number of rotatable bonds is 2. The number of likely N-dealkylation sites (N-methyl/N-ethyl adjacent to an activating group) is 1. The molecule has 0 fully saturated rings. The number of nitrogens with zero attached hydrogens (tertiary/aromatic N) is 1. The Morgan fingerprint density at radius 1 is 1.27 bits per heavy atom. The van der Waals surface area contributed by atoms with Crippen molar-refractivity contribution in [3.63, 3.8) is 0 Å². The molecule has 0 aliphatic carbocycles. The molecule has 1 aromatic carbocycles. The molecule has 0 radical (unpaired) electrons. The second-order valence-electron chi connectivity index (χ2n) is 5.53. The Balaban J connectivity index is 0.00000176. The average Bonchev–Trinajstić information content (AvgIpc) is 2.48. The van der Waals surface area contributed by atoms with Crippen LogP contribution < -0.4 is 5.63 Å². The van der Waals surface area contributed by atoms with E-state index in [1.807, 2.05) is 31.2 Å². The number of halogens is 2. The fraction of sp³-hybridized carbons (Fsp3) is 0.353. The lowest BCUT2D eigenvalue weighted by atomic mass is 9.93. The van der Waals surface area contributed by atoms with Gasteiger partial charge in [0, 0.05) is 18.7 Å². The molecule has 5 heteroatoms. The summed E-state index contributed by atoms with van der Waals surface area (Å²) in [6, 6.07) is 7.70. The molecular formula is C17H19Br2NO2. The molecule has 3 rings (SSSR count). The van der Waals surface area contributed by atoms with Crippen LogP contribution in [0.15, 0.2) is 39.6 Å². The van der Waals surface area contributed by atoms with Gasteiger partial charge in [0.15, 0.2) is 0 Å². The normalized spacial score (nSPS) is 17.0. The molecule has 1 unspecified atom stereocenters. The van der Waals surface area contributed by atoms with Crippen molar-refractivity contribution in [2.75, 3.05) is 20.1 Å². The molecule has 1 aliphatic heterocycles. The minimum atomic E-state index is -0.260. The van der Waals surface area contributed by atoms with E-state index >= 15 is 0 Å². The minimum absolute atomic E-state index is 0. The van der Waals surface area contributed by atoms with Crippen molar-refractivity contribution >= 4 is 49.3 Å². The van der Waals surface area contributed by atoms with E-state index in [-0.39, 0.29) is 27.4 Å². The van der Waals surface area contributed by atoms with Crippen LogP contribution in [0.25, 0.3) is 16.3 Å². The van der Waals surface area contributed by atoms with Gasteiger partial charge in [0.1, 0.15) is 5.76 Å². The molecular weight excluding hydrogens is 410 g/mol. The number of fused-ring (bicyclic) bond motifs is 1. The average molecular weight is 429 g/mol. The number of benzene rings is 1. The molecule has 1 aliphatic rings. The largest absolute Gasteiger partial charge is 0.426 e. The lowest BCUT2D eigenvalue weighted by Gasteiger charge is -2.24. The molecule has 1 atom stereocenters. The van der Waals surface area contributed by atoms with Crippen LogP contribution in [0.2, 0.25) is 0 Å². The van der Waals surface area contributed by atoms with Crippen molar-refractivity contribution in [2.45, 2.75) is 18.2 Å². The topological polar surface area (TPSA) is 33.5 Å². The Morgan fingerprint density at radius 2 is 1.95 bits per heavy atom. The van der Waals surface area contributed by atoms with Gasteiger partial charge >= 0.3 is 5.63 Å². The summed E-state index contributed by atoms with van der Waals surface area (Å²) in [6.07, 6.45) is 3.21. The summed E-state index contributed by atoms with van der Waals surface area (Å²) < 4.78 is 5.61. The SMILES string of the molecule is Br.CC(Br)c1oc(=O)c2ccccc2c1C1=CCN(C)CC1. The summed E-state index contributed by atoms with van der Waals surface area (Å²) >= 11 is 3.56. The molecule has 0 bridgehead atoms. The van der Waals surface area contributed by atoms with Crippen LogP contribution in [0.3, 0.4) is 0 Å².